The topological polar surface area (TPSA) is 20.3 Å². The lowest BCUT2D eigenvalue weighted by Gasteiger charge is -2.35. The SMILES string of the molecule is CCCC1CCCCN1CCCC(=O)c1ccccc1C. The van der Waals surface area contributed by atoms with E-state index in [1.165, 1.54) is 38.6 Å². The number of hydrogen-bond acceptors (Lipinski definition) is 2. The van der Waals surface area contributed by atoms with Crippen LogP contribution in [-0.2, 0) is 0 Å². The number of ketones is 1. The van der Waals surface area contributed by atoms with Gasteiger partial charge in [0.25, 0.3) is 0 Å². The third-order valence-corrected chi connectivity index (χ3v) is 4.67. The van der Waals surface area contributed by atoms with Crippen molar-refractivity contribution in [2.45, 2.75) is 64.8 Å². The predicted molar refractivity (Wildman–Crippen MR) is 88.9 cm³/mol. The molecule has 1 saturated heterocycles. The quantitative estimate of drug-likeness (QED) is 0.682. The number of piperidine rings is 1. The Morgan fingerprint density at radius 3 is 2.86 bits per heavy atom. The molecule has 2 heteroatoms. The molecular weight excluding hydrogens is 258 g/mol. The highest BCUT2D eigenvalue weighted by Crippen LogP contribution is 2.21. The number of hydrogen-bond donors (Lipinski definition) is 0. The Morgan fingerprint density at radius 1 is 1.29 bits per heavy atom. The van der Waals surface area contributed by atoms with E-state index < -0.39 is 0 Å². The second kappa shape index (κ2) is 8.33. The fraction of sp³-hybridized carbons (Fsp3) is 0.632. The summed E-state index contributed by atoms with van der Waals surface area (Å²) in [4.78, 5) is 14.9. The highest BCUT2D eigenvalue weighted by Gasteiger charge is 2.21. The van der Waals surface area contributed by atoms with E-state index in [0.29, 0.717) is 12.2 Å². The summed E-state index contributed by atoms with van der Waals surface area (Å²) in [7, 11) is 0. The molecule has 1 aliphatic rings. The molecule has 0 N–H and O–H groups in total. The zero-order valence-electron chi connectivity index (χ0n) is 13.6. The van der Waals surface area contributed by atoms with E-state index in [9.17, 15) is 4.79 Å². The number of rotatable bonds is 7. The van der Waals surface area contributed by atoms with E-state index in [4.69, 9.17) is 0 Å². The molecule has 21 heavy (non-hydrogen) atoms. The molecule has 0 aromatic heterocycles. The van der Waals surface area contributed by atoms with Crippen molar-refractivity contribution in [2.75, 3.05) is 13.1 Å². The van der Waals surface area contributed by atoms with Crippen molar-refractivity contribution in [1.29, 1.82) is 0 Å². The van der Waals surface area contributed by atoms with E-state index in [-0.39, 0.29) is 0 Å². The fourth-order valence-electron chi connectivity index (χ4n) is 3.48. The minimum Gasteiger partial charge on any atom is -0.300 e. The Hall–Kier alpha value is -1.15. The molecule has 1 atom stereocenters. The Morgan fingerprint density at radius 2 is 2.10 bits per heavy atom. The first kappa shape index (κ1) is 16.2. The predicted octanol–water partition coefficient (Wildman–Crippen LogP) is 4.61. The van der Waals surface area contributed by atoms with Gasteiger partial charge in [0.05, 0.1) is 0 Å². The molecule has 1 fully saturated rings. The van der Waals surface area contributed by atoms with Crippen molar-refractivity contribution in [2.24, 2.45) is 0 Å². The minimum absolute atomic E-state index is 0.303. The highest BCUT2D eigenvalue weighted by molar-refractivity contribution is 5.97. The number of Topliss-reactive ketones (excluding diaryl/α,β-unsaturated/α-hetero) is 1. The number of likely N-dealkylation sites (tertiary alicyclic amines) is 1. The fourth-order valence-corrected chi connectivity index (χ4v) is 3.48. The van der Waals surface area contributed by atoms with E-state index in [2.05, 4.69) is 11.8 Å². The molecule has 1 heterocycles. The summed E-state index contributed by atoms with van der Waals surface area (Å²) in [6.45, 7) is 6.61. The monoisotopic (exact) mass is 287 g/mol. The van der Waals surface area contributed by atoms with Gasteiger partial charge in [0, 0.05) is 18.0 Å². The van der Waals surface area contributed by atoms with Crippen LogP contribution in [0.25, 0.3) is 0 Å². The van der Waals surface area contributed by atoms with Gasteiger partial charge in [-0.25, -0.2) is 0 Å². The zero-order chi connectivity index (χ0) is 15.1. The molecule has 2 rings (SSSR count). The minimum atomic E-state index is 0.303. The van der Waals surface area contributed by atoms with Crippen LogP contribution in [-0.4, -0.2) is 29.8 Å². The number of carbonyl (C=O) groups excluding carboxylic acids is 1. The standard InChI is InChI=1S/C19H29NO/c1-3-9-17-11-6-7-14-20(17)15-8-13-19(21)18-12-5-4-10-16(18)2/h4-5,10,12,17H,3,6-9,11,13-15H2,1-2H3. The van der Waals surface area contributed by atoms with Crippen LogP contribution in [0.1, 0.15) is 67.8 Å². The van der Waals surface area contributed by atoms with Crippen molar-refractivity contribution < 1.29 is 4.79 Å². The van der Waals surface area contributed by atoms with E-state index in [0.717, 1.165) is 30.1 Å². The largest absolute Gasteiger partial charge is 0.300 e. The van der Waals surface area contributed by atoms with Crippen LogP contribution >= 0.6 is 0 Å². The molecule has 116 valence electrons. The summed E-state index contributed by atoms with van der Waals surface area (Å²) in [6, 6.07) is 8.70. The van der Waals surface area contributed by atoms with Gasteiger partial charge in [-0.3, -0.25) is 4.79 Å². The summed E-state index contributed by atoms with van der Waals surface area (Å²) in [6.07, 6.45) is 8.30. The molecule has 0 aliphatic carbocycles. The average molecular weight is 287 g/mol. The molecule has 0 amide bonds. The van der Waals surface area contributed by atoms with Gasteiger partial charge in [0.2, 0.25) is 0 Å². The maximum absolute atomic E-state index is 12.3. The van der Waals surface area contributed by atoms with Crippen LogP contribution in [0.3, 0.4) is 0 Å². The first-order valence-electron chi connectivity index (χ1n) is 8.55. The molecule has 0 radical (unpaired) electrons. The normalized spacial score (nSPS) is 19.6. The van der Waals surface area contributed by atoms with E-state index in [1.807, 2.05) is 31.2 Å². The van der Waals surface area contributed by atoms with Crippen LogP contribution in [0.4, 0.5) is 0 Å². The van der Waals surface area contributed by atoms with Crippen molar-refractivity contribution in [1.82, 2.24) is 4.90 Å². The molecule has 2 nitrogen and oxygen atoms in total. The average Bonchev–Trinajstić information content (AvgIpc) is 2.49. The molecule has 0 spiro atoms. The van der Waals surface area contributed by atoms with Gasteiger partial charge in [-0.15, -0.1) is 0 Å². The third-order valence-electron chi connectivity index (χ3n) is 4.67. The van der Waals surface area contributed by atoms with Crippen LogP contribution in [0.2, 0.25) is 0 Å². The summed E-state index contributed by atoms with van der Waals surface area (Å²) in [5.74, 6) is 0.303. The van der Waals surface area contributed by atoms with Crippen LogP contribution in [0.5, 0.6) is 0 Å². The van der Waals surface area contributed by atoms with Crippen LogP contribution in [0.15, 0.2) is 24.3 Å². The number of aryl methyl sites for hydroxylation is 1. The maximum atomic E-state index is 12.3. The second-order valence-corrected chi connectivity index (χ2v) is 6.32. The first-order valence-corrected chi connectivity index (χ1v) is 8.55. The number of benzene rings is 1. The van der Waals surface area contributed by atoms with Gasteiger partial charge in [-0.1, -0.05) is 44.0 Å². The number of nitrogens with zero attached hydrogens (tertiary/aromatic N) is 1. The van der Waals surface area contributed by atoms with Gasteiger partial charge in [0.1, 0.15) is 0 Å². The van der Waals surface area contributed by atoms with Gasteiger partial charge in [-0.05, 0) is 51.3 Å². The van der Waals surface area contributed by atoms with Crippen LogP contribution in [0, 0.1) is 6.92 Å². The van der Waals surface area contributed by atoms with Gasteiger partial charge in [-0.2, -0.15) is 0 Å². The lowest BCUT2D eigenvalue weighted by Crippen LogP contribution is -2.40. The smallest absolute Gasteiger partial charge is 0.163 e. The highest BCUT2D eigenvalue weighted by atomic mass is 16.1. The van der Waals surface area contributed by atoms with Gasteiger partial charge >= 0.3 is 0 Å². The van der Waals surface area contributed by atoms with Gasteiger partial charge in [0.15, 0.2) is 5.78 Å². The summed E-state index contributed by atoms with van der Waals surface area (Å²) in [5.41, 5.74) is 2.01. The van der Waals surface area contributed by atoms with Crippen molar-refractivity contribution in [3.05, 3.63) is 35.4 Å². The summed E-state index contributed by atoms with van der Waals surface area (Å²) in [5, 5.41) is 0. The van der Waals surface area contributed by atoms with E-state index in [1.54, 1.807) is 0 Å². The lowest BCUT2D eigenvalue weighted by atomic mass is 9.97. The molecule has 0 saturated carbocycles. The summed E-state index contributed by atoms with van der Waals surface area (Å²) < 4.78 is 0. The Kier molecular flexibility index (Phi) is 6.44. The Labute approximate surface area is 129 Å². The lowest BCUT2D eigenvalue weighted by molar-refractivity contribution is 0.0957. The molecule has 1 aromatic carbocycles. The molecule has 0 bridgehead atoms. The molecule has 1 aliphatic heterocycles. The third kappa shape index (κ3) is 4.67. The van der Waals surface area contributed by atoms with Crippen LogP contribution < -0.4 is 0 Å². The van der Waals surface area contributed by atoms with Crippen molar-refractivity contribution >= 4 is 5.78 Å². The summed E-state index contributed by atoms with van der Waals surface area (Å²) >= 11 is 0. The first-order chi connectivity index (χ1) is 10.2. The van der Waals surface area contributed by atoms with E-state index >= 15 is 0 Å². The van der Waals surface area contributed by atoms with Crippen molar-refractivity contribution in [3.8, 4) is 0 Å². The van der Waals surface area contributed by atoms with Gasteiger partial charge < -0.3 is 4.90 Å². The number of carbonyl (C=O) groups is 1. The second-order valence-electron chi connectivity index (χ2n) is 6.32. The Bertz CT molecular complexity index is 453. The maximum Gasteiger partial charge on any atom is 0.163 e. The molecule has 1 aromatic rings. The Balaban J connectivity index is 1.80. The molecular formula is C19H29NO. The molecule has 1 unspecified atom stereocenters. The van der Waals surface area contributed by atoms with Crippen molar-refractivity contribution in [3.63, 3.8) is 0 Å². The zero-order valence-corrected chi connectivity index (χ0v) is 13.6.